The fraction of sp³-hybridized carbons (Fsp3) is 0.796. The van der Waals surface area contributed by atoms with E-state index in [-0.39, 0.29) is 19.6 Å². The van der Waals surface area contributed by atoms with Gasteiger partial charge in [0.1, 0.15) is 54.9 Å². The third kappa shape index (κ3) is 28.5. The van der Waals surface area contributed by atoms with Crippen LogP contribution in [0.3, 0.4) is 0 Å². The topological polar surface area (TPSA) is 214 Å². The monoisotopic (exact) mass is 967 g/mol. The molecule has 68 heavy (non-hydrogen) atoms. The first-order chi connectivity index (χ1) is 33.1. The number of unbranched alkanes of at least 4 members (excludes halogenated alkanes) is 17. The number of aliphatic hydroxyl groups excluding tert-OH is 7. The zero-order chi connectivity index (χ0) is 49.5. The van der Waals surface area contributed by atoms with Gasteiger partial charge in [0.15, 0.2) is 12.6 Å². The minimum absolute atomic E-state index is 0.0518. The van der Waals surface area contributed by atoms with Crippen LogP contribution in [0.2, 0.25) is 0 Å². The van der Waals surface area contributed by atoms with Crippen molar-refractivity contribution in [2.75, 3.05) is 33.0 Å². The molecular weight excluding hydrogens is 873 g/mol. The van der Waals surface area contributed by atoms with E-state index in [9.17, 15) is 40.5 Å². The van der Waals surface area contributed by atoms with Crippen molar-refractivity contribution in [3.63, 3.8) is 0 Å². The molecule has 2 aliphatic rings. The van der Waals surface area contributed by atoms with Gasteiger partial charge in [-0.05, 0) is 77.0 Å². The van der Waals surface area contributed by atoms with Gasteiger partial charge in [-0.15, -0.1) is 0 Å². The predicted octanol–water partition coefficient (Wildman–Crippen LogP) is 8.13. The van der Waals surface area contributed by atoms with Crippen LogP contribution >= 0.6 is 0 Å². The summed E-state index contributed by atoms with van der Waals surface area (Å²) in [4.78, 5) is 13.0. The van der Waals surface area contributed by atoms with E-state index in [1.54, 1.807) is 0 Å². The summed E-state index contributed by atoms with van der Waals surface area (Å²) >= 11 is 0. The lowest BCUT2D eigenvalue weighted by molar-refractivity contribution is -0.332. The molecule has 11 atom stereocenters. The van der Waals surface area contributed by atoms with E-state index in [0.717, 1.165) is 89.9 Å². The molecule has 14 nitrogen and oxygen atoms in total. The number of ether oxygens (including phenoxy) is 6. The van der Waals surface area contributed by atoms with E-state index in [2.05, 4.69) is 74.6 Å². The Hall–Kier alpha value is -2.31. The average molecular weight is 967 g/mol. The van der Waals surface area contributed by atoms with E-state index in [1.807, 2.05) is 0 Å². The van der Waals surface area contributed by atoms with Gasteiger partial charge in [-0.3, -0.25) is 4.79 Å². The molecule has 2 heterocycles. The van der Waals surface area contributed by atoms with Crippen molar-refractivity contribution < 1.29 is 69.0 Å². The van der Waals surface area contributed by atoms with E-state index < -0.39 is 86.7 Å². The van der Waals surface area contributed by atoms with Crippen molar-refractivity contribution in [1.82, 2.24) is 0 Å². The predicted molar refractivity (Wildman–Crippen MR) is 266 cm³/mol. The third-order valence-corrected chi connectivity index (χ3v) is 12.3. The Balaban J connectivity index is 1.73. The van der Waals surface area contributed by atoms with Crippen LogP contribution in [-0.2, 0) is 33.2 Å². The summed E-state index contributed by atoms with van der Waals surface area (Å²) in [7, 11) is 0. The number of hydrogen-bond acceptors (Lipinski definition) is 14. The number of rotatable bonds is 41. The highest BCUT2D eigenvalue weighted by atomic mass is 16.7. The third-order valence-electron chi connectivity index (χ3n) is 12.3. The molecule has 0 aromatic heterocycles. The van der Waals surface area contributed by atoms with Crippen molar-refractivity contribution in [2.45, 2.75) is 242 Å². The molecule has 0 aliphatic carbocycles. The number of allylic oxidation sites excluding steroid dienone is 10. The van der Waals surface area contributed by atoms with Crippen LogP contribution in [0.15, 0.2) is 60.8 Å². The molecule has 2 rings (SSSR count). The lowest BCUT2D eigenvalue weighted by Crippen LogP contribution is -2.61. The van der Waals surface area contributed by atoms with Crippen molar-refractivity contribution in [2.24, 2.45) is 0 Å². The van der Waals surface area contributed by atoms with Crippen LogP contribution in [0.4, 0.5) is 0 Å². The van der Waals surface area contributed by atoms with Crippen LogP contribution in [0.5, 0.6) is 0 Å². The first-order valence-electron chi connectivity index (χ1n) is 26.4. The van der Waals surface area contributed by atoms with Gasteiger partial charge in [0.2, 0.25) is 0 Å². The molecule has 0 amide bonds. The maximum absolute atomic E-state index is 13.0. The zero-order valence-corrected chi connectivity index (χ0v) is 41.8. The molecule has 0 aromatic rings. The molecule has 14 heteroatoms. The fourth-order valence-corrected chi connectivity index (χ4v) is 7.98. The minimum Gasteiger partial charge on any atom is -0.457 e. The molecule has 394 valence electrons. The number of aliphatic hydroxyl groups is 7. The molecule has 11 unspecified atom stereocenters. The second kappa shape index (κ2) is 41.3. The van der Waals surface area contributed by atoms with E-state index in [1.165, 1.54) is 57.8 Å². The molecule has 2 aliphatic heterocycles. The number of carbonyl (C=O) groups is 1. The SMILES string of the molecule is CC/C=C\C/C=C\C/C=C\C/C=C\CCCCCCCCCCCOCC(COC1OC(COC2OC(CO)C(O)C(O)C2O)C(O)C(O)C1O)OC(=O)CCCCCCC/C=C\CCCCC. The summed E-state index contributed by atoms with van der Waals surface area (Å²) in [5.74, 6) is -0.390. The minimum atomic E-state index is -1.71. The Morgan fingerprint density at radius 2 is 0.956 bits per heavy atom. The Kier molecular flexibility index (Phi) is 37.6. The molecule has 0 spiro atoms. The van der Waals surface area contributed by atoms with Crippen LogP contribution in [0, 0.1) is 0 Å². The summed E-state index contributed by atoms with van der Waals surface area (Å²) in [6.45, 7) is 3.51. The quantitative estimate of drug-likeness (QED) is 0.0175. The Morgan fingerprint density at radius 3 is 1.51 bits per heavy atom. The molecule has 0 saturated carbocycles. The standard InChI is InChI=1S/C54H94O14/c1-3-5-7-9-11-13-15-17-18-19-20-21-22-23-24-25-26-28-30-32-34-36-38-63-40-43(66-46(56)37-35-33-31-29-27-16-14-12-10-8-6-4-2)41-64-53-52(62)50(60)48(58)45(68-53)42-65-54-51(61)49(59)47(57)44(39-55)67-54/h5,7,11-14,17-18,20-21,43-45,47-55,57-62H,3-4,6,8-10,15-16,19,22-42H2,1-2H3/b7-5-,13-11-,14-12-,18-17-,21-20-. The van der Waals surface area contributed by atoms with Gasteiger partial charge >= 0.3 is 5.97 Å². The zero-order valence-electron chi connectivity index (χ0n) is 41.8. The van der Waals surface area contributed by atoms with E-state index in [4.69, 9.17) is 28.4 Å². The van der Waals surface area contributed by atoms with Crippen LogP contribution in [0.1, 0.15) is 174 Å². The number of carbonyl (C=O) groups excluding carboxylic acids is 1. The van der Waals surface area contributed by atoms with E-state index in [0.29, 0.717) is 13.0 Å². The van der Waals surface area contributed by atoms with Crippen molar-refractivity contribution in [1.29, 1.82) is 0 Å². The molecular formula is C54H94O14. The highest BCUT2D eigenvalue weighted by Gasteiger charge is 2.47. The lowest BCUT2D eigenvalue weighted by atomic mass is 9.98. The van der Waals surface area contributed by atoms with Gasteiger partial charge in [-0.25, -0.2) is 0 Å². The van der Waals surface area contributed by atoms with Crippen molar-refractivity contribution in [3.05, 3.63) is 60.8 Å². The molecule has 0 aromatic carbocycles. The van der Waals surface area contributed by atoms with Gasteiger partial charge in [0, 0.05) is 13.0 Å². The number of hydrogen-bond donors (Lipinski definition) is 7. The summed E-state index contributed by atoms with van der Waals surface area (Å²) in [5, 5.41) is 72.1. The largest absolute Gasteiger partial charge is 0.457 e. The van der Waals surface area contributed by atoms with Gasteiger partial charge < -0.3 is 64.2 Å². The Labute approximate surface area is 409 Å². The lowest BCUT2D eigenvalue weighted by Gasteiger charge is -2.42. The van der Waals surface area contributed by atoms with Crippen LogP contribution in [0.25, 0.3) is 0 Å². The maximum Gasteiger partial charge on any atom is 0.306 e. The normalized spacial score (nSPS) is 26.4. The van der Waals surface area contributed by atoms with Gasteiger partial charge in [-0.1, -0.05) is 152 Å². The second-order valence-corrected chi connectivity index (χ2v) is 18.3. The second-order valence-electron chi connectivity index (χ2n) is 18.3. The molecule has 0 radical (unpaired) electrons. The van der Waals surface area contributed by atoms with Crippen molar-refractivity contribution in [3.8, 4) is 0 Å². The molecule has 2 saturated heterocycles. The highest BCUT2D eigenvalue weighted by molar-refractivity contribution is 5.69. The Bertz CT molecular complexity index is 1350. The summed E-state index contributed by atoms with van der Waals surface area (Å²) in [6, 6.07) is 0. The molecule has 2 fully saturated rings. The van der Waals surface area contributed by atoms with Gasteiger partial charge in [0.25, 0.3) is 0 Å². The van der Waals surface area contributed by atoms with Crippen LogP contribution in [-0.4, -0.2) is 142 Å². The Morgan fingerprint density at radius 1 is 0.500 bits per heavy atom. The van der Waals surface area contributed by atoms with Crippen LogP contribution < -0.4 is 0 Å². The first kappa shape index (κ1) is 61.8. The number of esters is 1. The molecule has 0 bridgehead atoms. The van der Waals surface area contributed by atoms with Crippen molar-refractivity contribution >= 4 is 5.97 Å². The fourth-order valence-electron chi connectivity index (χ4n) is 7.98. The van der Waals surface area contributed by atoms with Gasteiger partial charge in [-0.2, -0.15) is 0 Å². The molecule has 7 N–H and O–H groups in total. The van der Waals surface area contributed by atoms with E-state index >= 15 is 0 Å². The first-order valence-corrected chi connectivity index (χ1v) is 26.4. The highest BCUT2D eigenvalue weighted by Crippen LogP contribution is 2.26. The summed E-state index contributed by atoms with van der Waals surface area (Å²) in [6.07, 6.45) is 32.8. The summed E-state index contributed by atoms with van der Waals surface area (Å²) in [5.41, 5.74) is 0. The maximum atomic E-state index is 13.0. The smallest absolute Gasteiger partial charge is 0.306 e. The summed E-state index contributed by atoms with van der Waals surface area (Å²) < 4.78 is 34.3. The average Bonchev–Trinajstić information content (AvgIpc) is 3.33. The van der Waals surface area contributed by atoms with Gasteiger partial charge in [0.05, 0.1) is 26.4 Å².